The van der Waals surface area contributed by atoms with E-state index in [0.717, 1.165) is 81.3 Å². The smallest absolute Gasteiger partial charge is 0.417 e. The summed E-state index contributed by atoms with van der Waals surface area (Å²) in [6, 6.07) is 14.8. The van der Waals surface area contributed by atoms with Crippen molar-refractivity contribution in [2.24, 2.45) is 0 Å². The van der Waals surface area contributed by atoms with Gasteiger partial charge in [-0.05, 0) is 92.1 Å². The predicted molar refractivity (Wildman–Crippen MR) is 190 cm³/mol. The monoisotopic (exact) mass is 729 g/mol. The van der Waals surface area contributed by atoms with Crippen LogP contribution in [-0.4, -0.2) is 91.0 Å². The largest absolute Gasteiger partial charge is 0.478 e. The number of carbonyl (C=O) groups is 3. The average molecular weight is 730 g/mol. The molecule has 1 aromatic heterocycles. The van der Waals surface area contributed by atoms with E-state index in [1.807, 2.05) is 35.4 Å². The number of pyridine rings is 1. The van der Waals surface area contributed by atoms with Gasteiger partial charge in [0.15, 0.2) is 0 Å². The Hall–Kier alpha value is -5.16. The molecule has 4 aliphatic rings. The number of anilines is 2. The molecule has 53 heavy (non-hydrogen) atoms. The number of fused-ring (bicyclic) bond motifs is 1. The molecule has 0 saturated carbocycles. The Morgan fingerprint density at radius 1 is 0.887 bits per heavy atom. The van der Waals surface area contributed by atoms with Crippen LogP contribution in [-0.2, 0) is 22.3 Å². The number of carbonyl (C=O) groups excluding carboxylic acids is 3. The molecule has 4 aliphatic heterocycles. The molecule has 1 N–H and O–H groups in total. The van der Waals surface area contributed by atoms with Gasteiger partial charge in [-0.2, -0.15) is 18.4 Å². The van der Waals surface area contributed by atoms with Crippen molar-refractivity contribution in [3.05, 3.63) is 82.5 Å². The lowest BCUT2D eigenvalue weighted by atomic mass is 9.90. The quantitative estimate of drug-likeness (QED) is 0.225. The molecule has 3 aromatic rings. The molecule has 0 bridgehead atoms. The van der Waals surface area contributed by atoms with Crippen LogP contribution < -0.4 is 19.9 Å². The summed E-state index contributed by atoms with van der Waals surface area (Å²) in [7, 11) is 0. The minimum absolute atomic E-state index is 0.158. The average Bonchev–Trinajstić information content (AvgIpc) is 3.49. The maximum absolute atomic E-state index is 13.4. The maximum atomic E-state index is 13.4. The van der Waals surface area contributed by atoms with Gasteiger partial charge in [-0.1, -0.05) is 6.07 Å². The van der Waals surface area contributed by atoms with Gasteiger partial charge in [0, 0.05) is 81.4 Å². The van der Waals surface area contributed by atoms with E-state index in [2.05, 4.69) is 26.2 Å². The van der Waals surface area contributed by atoms with Crippen molar-refractivity contribution in [2.45, 2.75) is 63.2 Å². The van der Waals surface area contributed by atoms with Crippen LogP contribution in [0, 0.1) is 11.3 Å². The molecule has 11 nitrogen and oxygen atoms in total. The Kier molecular flexibility index (Phi) is 10.5. The van der Waals surface area contributed by atoms with Crippen molar-refractivity contribution in [3.8, 4) is 11.9 Å². The highest BCUT2D eigenvalue weighted by atomic mass is 19.4. The molecule has 2 aromatic carbocycles. The summed E-state index contributed by atoms with van der Waals surface area (Å²) in [5, 5.41) is 11.4. The molecule has 1 unspecified atom stereocenters. The third-order valence-electron chi connectivity index (χ3n) is 10.9. The number of amides is 3. The lowest BCUT2D eigenvalue weighted by Crippen LogP contribution is -2.52. The minimum Gasteiger partial charge on any atom is -0.478 e. The summed E-state index contributed by atoms with van der Waals surface area (Å²) in [6.07, 6.45) is 1.33. The number of benzene rings is 2. The van der Waals surface area contributed by atoms with Crippen LogP contribution in [0.2, 0.25) is 0 Å². The Bertz CT molecular complexity index is 1880. The van der Waals surface area contributed by atoms with Crippen LogP contribution in [0.25, 0.3) is 0 Å². The van der Waals surface area contributed by atoms with Crippen molar-refractivity contribution >= 4 is 29.1 Å². The van der Waals surface area contributed by atoms with Crippen LogP contribution in [0.4, 0.5) is 24.5 Å². The zero-order valence-corrected chi connectivity index (χ0v) is 29.4. The number of nitriles is 1. The molecular formula is C39H42F3N7O4. The molecule has 278 valence electrons. The van der Waals surface area contributed by atoms with Gasteiger partial charge in [0.1, 0.15) is 6.04 Å². The van der Waals surface area contributed by atoms with Crippen molar-refractivity contribution in [1.29, 1.82) is 5.26 Å². The number of ether oxygens (including phenoxy) is 1. The first kappa shape index (κ1) is 36.2. The van der Waals surface area contributed by atoms with Gasteiger partial charge in [-0.3, -0.25) is 24.6 Å². The van der Waals surface area contributed by atoms with E-state index in [9.17, 15) is 27.6 Å². The van der Waals surface area contributed by atoms with Crippen LogP contribution >= 0.6 is 0 Å². The van der Waals surface area contributed by atoms with Crippen molar-refractivity contribution in [3.63, 3.8) is 0 Å². The summed E-state index contributed by atoms with van der Waals surface area (Å²) in [5.41, 5.74) is 2.93. The summed E-state index contributed by atoms with van der Waals surface area (Å²) in [6.45, 7) is 6.77. The van der Waals surface area contributed by atoms with Gasteiger partial charge in [-0.25, -0.2) is 4.98 Å². The molecule has 7 rings (SSSR count). The summed E-state index contributed by atoms with van der Waals surface area (Å²) >= 11 is 0. The van der Waals surface area contributed by atoms with Crippen LogP contribution in [0.15, 0.2) is 54.7 Å². The first-order valence-corrected chi connectivity index (χ1v) is 18.3. The number of imide groups is 1. The summed E-state index contributed by atoms with van der Waals surface area (Å²) < 4.78 is 46.2. The maximum Gasteiger partial charge on any atom is 0.417 e. The van der Waals surface area contributed by atoms with E-state index in [0.29, 0.717) is 49.8 Å². The van der Waals surface area contributed by atoms with Crippen LogP contribution in [0.1, 0.15) is 77.1 Å². The number of hydrogen-bond acceptors (Lipinski definition) is 9. The zero-order chi connectivity index (χ0) is 37.1. The molecule has 3 fully saturated rings. The molecule has 1 atom stereocenters. The third kappa shape index (κ3) is 8.10. The number of aromatic nitrogens is 1. The number of unbranched alkanes of at least 4 members (excludes halogenated alkanes) is 1. The predicted octanol–water partition coefficient (Wildman–Crippen LogP) is 5.10. The first-order chi connectivity index (χ1) is 25.6. The number of hydrogen-bond donors (Lipinski definition) is 1. The Balaban J connectivity index is 0.800. The highest BCUT2D eigenvalue weighted by Gasteiger charge is 2.39. The molecule has 5 heterocycles. The van der Waals surface area contributed by atoms with Gasteiger partial charge >= 0.3 is 6.18 Å². The SMILES string of the molecule is N#Cc1ccc(N2CCC(c3ccc(OCCCCN4CCN(c5ccc6c(c5)CN(C5CCC(=O)NC5=O)C6=O)CC4)nc3)CC2)cc1C(F)(F)F. The van der Waals surface area contributed by atoms with E-state index in [1.54, 1.807) is 17.0 Å². The van der Waals surface area contributed by atoms with Crippen LogP contribution in [0.3, 0.4) is 0 Å². The lowest BCUT2D eigenvalue weighted by molar-refractivity contribution is -0.138. The van der Waals surface area contributed by atoms with Crippen molar-refractivity contribution in [1.82, 2.24) is 20.1 Å². The Labute approximate surface area is 306 Å². The molecule has 3 saturated heterocycles. The second-order valence-corrected chi connectivity index (χ2v) is 14.2. The second kappa shape index (κ2) is 15.4. The normalized spacial score (nSPS) is 20.0. The lowest BCUT2D eigenvalue weighted by Gasteiger charge is -2.36. The van der Waals surface area contributed by atoms with Gasteiger partial charge < -0.3 is 19.4 Å². The minimum atomic E-state index is -4.57. The van der Waals surface area contributed by atoms with E-state index < -0.39 is 23.7 Å². The van der Waals surface area contributed by atoms with Gasteiger partial charge in [0.05, 0.1) is 23.8 Å². The Morgan fingerprint density at radius 2 is 1.62 bits per heavy atom. The summed E-state index contributed by atoms with van der Waals surface area (Å²) in [4.78, 5) is 49.8. The molecule has 0 aliphatic carbocycles. The second-order valence-electron chi connectivity index (χ2n) is 14.2. The van der Waals surface area contributed by atoms with Crippen molar-refractivity contribution in [2.75, 3.05) is 62.2 Å². The van der Waals surface area contributed by atoms with Gasteiger partial charge in [0.2, 0.25) is 17.7 Å². The fraction of sp³-hybridized carbons (Fsp3) is 0.462. The van der Waals surface area contributed by atoms with Gasteiger partial charge in [0.25, 0.3) is 5.91 Å². The van der Waals surface area contributed by atoms with E-state index in [4.69, 9.17) is 10.00 Å². The fourth-order valence-corrected chi connectivity index (χ4v) is 7.85. The van der Waals surface area contributed by atoms with Crippen molar-refractivity contribution < 1.29 is 32.3 Å². The summed E-state index contributed by atoms with van der Waals surface area (Å²) in [5.74, 6) is -0.0132. The molecule has 3 amide bonds. The third-order valence-corrected chi connectivity index (χ3v) is 10.9. The number of halogens is 3. The van der Waals surface area contributed by atoms with E-state index >= 15 is 0 Å². The molecular weight excluding hydrogens is 687 g/mol. The number of nitrogens with one attached hydrogen (secondary N) is 1. The van der Waals surface area contributed by atoms with E-state index in [1.165, 1.54) is 6.07 Å². The van der Waals surface area contributed by atoms with Crippen LogP contribution in [0.5, 0.6) is 5.88 Å². The number of rotatable bonds is 10. The standard InChI is InChI=1S/C39H42F3N7O4/c40-39(41,42)33-22-31(5-3-27(33)23-43)47-14-11-26(12-15-47)28-4-10-36(44-24-28)53-20-2-1-13-46-16-18-48(19-17-46)30-6-7-32-29(21-30)25-49(38(32)52)34-8-9-35(50)45-37(34)51/h3-7,10,21-22,24,26,34H,1-2,8-9,11-20,25H2,(H,45,50,51). The molecule has 0 spiro atoms. The fourth-order valence-electron chi connectivity index (χ4n) is 7.85. The highest BCUT2D eigenvalue weighted by molar-refractivity contribution is 6.05. The molecule has 14 heteroatoms. The highest BCUT2D eigenvalue weighted by Crippen LogP contribution is 2.37. The molecule has 0 radical (unpaired) electrons. The number of piperazine rings is 1. The Morgan fingerprint density at radius 3 is 2.32 bits per heavy atom. The van der Waals surface area contributed by atoms with Gasteiger partial charge in [-0.15, -0.1) is 0 Å². The zero-order valence-electron chi connectivity index (χ0n) is 29.4. The number of nitrogens with zero attached hydrogens (tertiary/aromatic N) is 6. The number of alkyl halides is 3. The van der Waals surface area contributed by atoms with E-state index in [-0.39, 0.29) is 29.7 Å². The first-order valence-electron chi connectivity index (χ1n) is 18.3. The topological polar surface area (TPSA) is 122 Å². The number of piperidine rings is 2.